The van der Waals surface area contributed by atoms with E-state index >= 15 is 0 Å². The van der Waals surface area contributed by atoms with Crippen LogP contribution in [0.1, 0.15) is 12.0 Å². The second-order valence-electron chi connectivity index (χ2n) is 2.98. The summed E-state index contributed by atoms with van der Waals surface area (Å²) >= 11 is 5.65. The Kier molecular flexibility index (Phi) is 4.35. The topological polar surface area (TPSA) is 48.2 Å². The molecule has 0 saturated carbocycles. The van der Waals surface area contributed by atoms with E-state index in [-0.39, 0.29) is 17.1 Å². The number of hydrogen-bond donors (Lipinski definition) is 1. The van der Waals surface area contributed by atoms with Crippen LogP contribution in [0.5, 0.6) is 0 Å². The maximum absolute atomic E-state index is 12.3. The summed E-state index contributed by atoms with van der Waals surface area (Å²) in [7, 11) is 0. The third-order valence-corrected chi connectivity index (χ3v) is 2.07. The molecule has 0 saturated heterocycles. The molecule has 90 valence electrons. The number of nitrogens with zero attached hydrogens (tertiary/aromatic N) is 2. The molecule has 0 aliphatic heterocycles. The highest BCUT2D eigenvalue weighted by molar-refractivity contribution is 6.33. The highest BCUT2D eigenvalue weighted by Crippen LogP contribution is 2.33. The van der Waals surface area contributed by atoms with Gasteiger partial charge in [0.15, 0.2) is 0 Å². The van der Waals surface area contributed by atoms with Gasteiger partial charge in [0, 0.05) is 6.21 Å². The molecule has 3 nitrogen and oxygen atoms in total. The van der Waals surface area contributed by atoms with Gasteiger partial charge in [-0.05, 0) is 18.2 Å². The molecular formula is C10H7ClF3N3. The van der Waals surface area contributed by atoms with Gasteiger partial charge in [-0.15, -0.1) is 0 Å². The summed E-state index contributed by atoms with van der Waals surface area (Å²) in [5.74, 6) is 0. The molecule has 1 aromatic carbocycles. The number of hydrazone groups is 1. The lowest BCUT2D eigenvalue weighted by atomic mass is 10.2. The van der Waals surface area contributed by atoms with Gasteiger partial charge < -0.3 is 0 Å². The monoisotopic (exact) mass is 261 g/mol. The van der Waals surface area contributed by atoms with Crippen LogP contribution < -0.4 is 5.43 Å². The van der Waals surface area contributed by atoms with E-state index in [0.29, 0.717) is 0 Å². The van der Waals surface area contributed by atoms with E-state index in [1.54, 1.807) is 0 Å². The molecule has 1 aromatic rings. The van der Waals surface area contributed by atoms with E-state index < -0.39 is 11.7 Å². The molecule has 0 amide bonds. The number of alkyl halides is 3. The van der Waals surface area contributed by atoms with Gasteiger partial charge in [-0.2, -0.15) is 23.5 Å². The molecule has 0 aliphatic rings. The van der Waals surface area contributed by atoms with Gasteiger partial charge in [-0.3, -0.25) is 5.43 Å². The van der Waals surface area contributed by atoms with E-state index in [4.69, 9.17) is 16.9 Å². The second-order valence-corrected chi connectivity index (χ2v) is 3.39. The highest BCUT2D eigenvalue weighted by atomic mass is 35.5. The first-order valence-corrected chi connectivity index (χ1v) is 4.84. The summed E-state index contributed by atoms with van der Waals surface area (Å²) in [4.78, 5) is 0. The van der Waals surface area contributed by atoms with Crippen LogP contribution in [-0.2, 0) is 6.18 Å². The molecule has 0 aromatic heterocycles. The fourth-order valence-electron chi connectivity index (χ4n) is 0.984. The summed E-state index contributed by atoms with van der Waals surface area (Å²) in [6.45, 7) is 0. The molecule has 0 heterocycles. The van der Waals surface area contributed by atoms with E-state index in [1.165, 1.54) is 12.3 Å². The van der Waals surface area contributed by atoms with Crippen LogP contribution in [0.2, 0.25) is 5.02 Å². The second kappa shape index (κ2) is 5.55. The van der Waals surface area contributed by atoms with Gasteiger partial charge in [0.1, 0.15) is 0 Å². The van der Waals surface area contributed by atoms with Crippen molar-refractivity contribution in [1.29, 1.82) is 5.26 Å². The lowest BCUT2D eigenvalue weighted by Gasteiger charge is -2.09. The number of anilines is 1. The Balaban J connectivity index is 2.81. The average molecular weight is 262 g/mol. The first-order valence-electron chi connectivity index (χ1n) is 4.46. The van der Waals surface area contributed by atoms with E-state index in [1.807, 2.05) is 6.07 Å². The predicted octanol–water partition coefficient (Wildman–Crippen LogP) is 3.67. The standard InChI is InChI=1S/C10H7ClF3N3/c11-8-6-7(10(12,13)14)2-3-9(8)17-16-5-1-4-15/h2-3,5-6,17H,1H2. The van der Waals surface area contributed by atoms with Crippen LogP contribution in [0.3, 0.4) is 0 Å². The lowest BCUT2D eigenvalue weighted by molar-refractivity contribution is -0.137. The molecular weight excluding hydrogens is 255 g/mol. The Labute approximate surface area is 100 Å². The van der Waals surface area contributed by atoms with Gasteiger partial charge in [-0.25, -0.2) is 0 Å². The van der Waals surface area contributed by atoms with Gasteiger partial charge in [-0.1, -0.05) is 11.6 Å². The third kappa shape index (κ3) is 3.96. The molecule has 1 rings (SSSR count). The summed E-state index contributed by atoms with van der Waals surface area (Å²) in [5.41, 5.74) is 1.86. The van der Waals surface area contributed by atoms with Crippen molar-refractivity contribution in [2.45, 2.75) is 12.6 Å². The molecule has 0 aliphatic carbocycles. The van der Waals surface area contributed by atoms with Gasteiger partial charge in [0.25, 0.3) is 0 Å². The molecule has 7 heteroatoms. The smallest absolute Gasteiger partial charge is 0.277 e. The maximum Gasteiger partial charge on any atom is 0.416 e. The van der Waals surface area contributed by atoms with Crippen LogP contribution in [0.15, 0.2) is 23.3 Å². The Hall–Kier alpha value is -1.74. The van der Waals surface area contributed by atoms with Crippen molar-refractivity contribution in [2.24, 2.45) is 5.10 Å². The Morgan fingerprint density at radius 2 is 2.18 bits per heavy atom. The van der Waals surface area contributed by atoms with Crippen molar-refractivity contribution in [1.82, 2.24) is 0 Å². The van der Waals surface area contributed by atoms with Crippen LogP contribution in [0.25, 0.3) is 0 Å². The SMILES string of the molecule is N#CCC=NNc1ccc(C(F)(F)F)cc1Cl. The third-order valence-electron chi connectivity index (χ3n) is 1.76. The molecule has 17 heavy (non-hydrogen) atoms. The Bertz CT molecular complexity index is 463. The number of hydrogen-bond acceptors (Lipinski definition) is 3. The van der Waals surface area contributed by atoms with Crippen LogP contribution >= 0.6 is 11.6 Å². The predicted molar refractivity (Wildman–Crippen MR) is 58.8 cm³/mol. The van der Waals surface area contributed by atoms with E-state index in [0.717, 1.165) is 12.1 Å². The Morgan fingerprint density at radius 1 is 1.47 bits per heavy atom. The Morgan fingerprint density at radius 3 is 2.71 bits per heavy atom. The van der Waals surface area contributed by atoms with E-state index in [9.17, 15) is 13.2 Å². The quantitative estimate of drug-likeness (QED) is 0.667. The van der Waals surface area contributed by atoms with Crippen LogP contribution in [0.4, 0.5) is 18.9 Å². The fourth-order valence-corrected chi connectivity index (χ4v) is 1.21. The molecule has 0 spiro atoms. The van der Waals surface area contributed by atoms with Gasteiger partial charge in [0.2, 0.25) is 0 Å². The number of halogens is 4. The molecule has 0 unspecified atom stereocenters. The summed E-state index contributed by atoms with van der Waals surface area (Å²) < 4.78 is 36.9. The average Bonchev–Trinajstić information content (AvgIpc) is 2.24. The van der Waals surface area contributed by atoms with Crippen molar-refractivity contribution in [3.05, 3.63) is 28.8 Å². The number of nitrogens with one attached hydrogen (secondary N) is 1. The molecule has 0 radical (unpaired) electrons. The number of nitriles is 1. The highest BCUT2D eigenvalue weighted by Gasteiger charge is 2.30. The summed E-state index contributed by atoms with van der Waals surface area (Å²) in [6.07, 6.45) is -3.04. The van der Waals surface area contributed by atoms with Crippen molar-refractivity contribution < 1.29 is 13.2 Å². The summed E-state index contributed by atoms with van der Waals surface area (Å²) in [5, 5.41) is 11.8. The van der Waals surface area contributed by atoms with Crippen molar-refractivity contribution in [2.75, 3.05) is 5.43 Å². The van der Waals surface area contributed by atoms with Gasteiger partial charge in [0.05, 0.1) is 28.8 Å². The molecule has 1 N–H and O–H groups in total. The van der Waals surface area contributed by atoms with Crippen LogP contribution in [-0.4, -0.2) is 6.21 Å². The van der Waals surface area contributed by atoms with Crippen molar-refractivity contribution in [3.8, 4) is 6.07 Å². The largest absolute Gasteiger partial charge is 0.416 e. The summed E-state index contributed by atoms with van der Waals surface area (Å²) in [6, 6.07) is 4.71. The zero-order chi connectivity index (χ0) is 12.9. The fraction of sp³-hybridized carbons (Fsp3) is 0.200. The zero-order valence-corrected chi connectivity index (χ0v) is 9.18. The number of rotatable bonds is 3. The van der Waals surface area contributed by atoms with Crippen molar-refractivity contribution >= 4 is 23.5 Å². The van der Waals surface area contributed by atoms with Gasteiger partial charge >= 0.3 is 6.18 Å². The van der Waals surface area contributed by atoms with Crippen molar-refractivity contribution in [3.63, 3.8) is 0 Å². The van der Waals surface area contributed by atoms with E-state index in [2.05, 4.69) is 10.5 Å². The zero-order valence-electron chi connectivity index (χ0n) is 8.42. The first kappa shape index (κ1) is 13.3. The normalized spacial score (nSPS) is 11.5. The molecule has 0 atom stereocenters. The number of benzene rings is 1. The minimum Gasteiger partial charge on any atom is -0.277 e. The lowest BCUT2D eigenvalue weighted by Crippen LogP contribution is -2.05. The van der Waals surface area contributed by atoms with Crippen LogP contribution in [0, 0.1) is 11.3 Å². The minimum atomic E-state index is -4.42. The maximum atomic E-state index is 12.3. The molecule has 0 bridgehead atoms. The first-order chi connectivity index (χ1) is 7.95. The minimum absolute atomic E-state index is 0.0890. The molecule has 0 fully saturated rings.